The number of rotatable bonds is 0. The quantitative estimate of drug-likeness (QED) is 0.624. The van der Waals surface area contributed by atoms with Crippen molar-refractivity contribution in [1.29, 1.82) is 0 Å². The van der Waals surface area contributed by atoms with Gasteiger partial charge in [-0.3, -0.25) is 4.99 Å². The Morgan fingerprint density at radius 1 is 1.11 bits per heavy atom. The summed E-state index contributed by atoms with van der Waals surface area (Å²) < 4.78 is 0. The summed E-state index contributed by atoms with van der Waals surface area (Å²) in [5, 5.41) is 2.81. The molecule has 1 unspecified atom stereocenters. The van der Waals surface area contributed by atoms with E-state index in [1.54, 1.807) is 11.1 Å². The molecule has 1 aliphatic carbocycles. The van der Waals surface area contributed by atoms with Crippen LogP contribution in [0.5, 0.6) is 0 Å². The van der Waals surface area contributed by atoms with Crippen molar-refractivity contribution in [3.05, 3.63) is 41.5 Å². The van der Waals surface area contributed by atoms with Gasteiger partial charge in [-0.2, -0.15) is 0 Å². The predicted octanol–water partition coefficient (Wildman–Crippen LogP) is 4.76. The van der Waals surface area contributed by atoms with Gasteiger partial charge < -0.3 is 0 Å². The molecular weight excluding hydrogens is 218 g/mol. The summed E-state index contributed by atoms with van der Waals surface area (Å²) in [6.07, 6.45) is 8.45. The summed E-state index contributed by atoms with van der Waals surface area (Å²) in [4.78, 5) is 4.70. The highest BCUT2D eigenvalue weighted by atomic mass is 14.7. The molecule has 1 heterocycles. The Kier molecular flexibility index (Phi) is 2.26. The Labute approximate surface area is 108 Å². The van der Waals surface area contributed by atoms with Crippen LogP contribution in [0.4, 0.5) is 5.69 Å². The zero-order chi connectivity index (χ0) is 11.9. The molecule has 2 aliphatic rings. The van der Waals surface area contributed by atoms with Crippen LogP contribution >= 0.6 is 0 Å². The van der Waals surface area contributed by atoms with E-state index in [4.69, 9.17) is 4.99 Å². The van der Waals surface area contributed by atoms with Crippen molar-refractivity contribution in [2.24, 2.45) is 4.99 Å². The normalized spacial score (nSPS) is 21.7. The van der Waals surface area contributed by atoms with Gasteiger partial charge in [-0.1, -0.05) is 24.3 Å². The average molecular weight is 235 g/mol. The van der Waals surface area contributed by atoms with Crippen molar-refractivity contribution in [2.45, 2.75) is 38.0 Å². The van der Waals surface area contributed by atoms with E-state index in [0.717, 1.165) is 12.3 Å². The SMILES string of the molecule is C1=Nc2cc3ccccc3c3c2C(CC1)CCC3. The Morgan fingerprint density at radius 3 is 3.06 bits per heavy atom. The highest BCUT2D eigenvalue weighted by Gasteiger charge is 2.25. The number of aliphatic imine (C=N–C) groups is 1. The van der Waals surface area contributed by atoms with E-state index in [1.807, 2.05) is 0 Å². The van der Waals surface area contributed by atoms with Crippen LogP contribution in [0.3, 0.4) is 0 Å². The summed E-state index contributed by atoms with van der Waals surface area (Å²) in [5.41, 5.74) is 4.39. The average Bonchev–Trinajstić information content (AvgIpc) is 2.63. The van der Waals surface area contributed by atoms with Gasteiger partial charge in [-0.15, -0.1) is 0 Å². The van der Waals surface area contributed by atoms with Gasteiger partial charge in [-0.05, 0) is 66.0 Å². The van der Waals surface area contributed by atoms with Crippen molar-refractivity contribution in [2.75, 3.05) is 0 Å². The van der Waals surface area contributed by atoms with Crippen LogP contribution in [0, 0.1) is 0 Å². The van der Waals surface area contributed by atoms with Crippen LogP contribution < -0.4 is 0 Å². The first-order valence-corrected chi connectivity index (χ1v) is 7.00. The monoisotopic (exact) mass is 235 g/mol. The van der Waals surface area contributed by atoms with E-state index < -0.39 is 0 Å². The van der Waals surface area contributed by atoms with Gasteiger partial charge in [0.25, 0.3) is 0 Å². The van der Waals surface area contributed by atoms with E-state index in [2.05, 4.69) is 36.5 Å². The van der Waals surface area contributed by atoms with Crippen molar-refractivity contribution < 1.29 is 0 Å². The van der Waals surface area contributed by atoms with Gasteiger partial charge in [0, 0.05) is 6.21 Å². The molecule has 0 bridgehead atoms. The Balaban J connectivity index is 2.10. The molecule has 0 fully saturated rings. The molecule has 0 spiro atoms. The highest BCUT2D eigenvalue weighted by molar-refractivity contribution is 5.91. The lowest BCUT2D eigenvalue weighted by Gasteiger charge is -2.27. The molecule has 18 heavy (non-hydrogen) atoms. The van der Waals surface area contributed by atoms with Crippen LogP contribution in [0.25, 0.3) is 10.8 Å². The Morgan fingerprint density at radius 2 is 2.06 bits per heavy atom. The molecule has 2 aromatic rings. The molecule has 0 aromatic heterocycles. The number of nitrogens with zero attached hydrogens (tertiary/aromatic N) is 1. The third-order valence-corrected chi connectivity index (χ3v) is 4.44. The first-order chi connectivity index (χ1) is 8.93. The second-order valence-electron chi connectivity index (χ2n) is 5.49. The van der Waals surface area contributed by atoms with E-state index in [0.29, 0.717) is 0 Å². The molecule has 0 amide bonds. The fourth-order valence-corrected chi connectivity index (χ4v) is 3.65. The molecule has 0 saturated heterocycles. The van der Waals surface area contributed by atoms with Crippen LogP contribution in [0.2, 0.25) is 0 Å². The summed E-state index contributed by atoms with van der Waals surface area (Å²) >= 11 is 0. The van der Waals surface area contributed by atoms with Gasteiger partial charge in [0.15, 0.2) is 0 Å². The lowest BCUT2D eigenvalue weighted by Crippen LogP contribution is -2.10. The lowest BCUT2D eigenvalue weighted by atomic mass is 9.78. The molecule has 1 nitrogen and oxygen atoms in total. The number of benzene rings is 2. The van der Waals surface area contributed by atoms with Crippen molar-refractivity contribution in [3.63, 3.8) is 0 Å². The second kappa shape index (κ2) is 3.94. The second-order valence-corrected chi connectivity index (χ2v) is 5.49. The lowest BCUT2D eigenvalue weighted by molar-refractivity contribution is 0.536. The van der Waals surface area contributed by atoms with Crippen LogP contribution in [0.15, 0.2) is 35.3 Å². The predicted molar refractivity (Wildman–Crippen MR) is 77.0 cm³/mol. The Hall–Kier alpha value is -1.63. The van der Waals surface area contributed by atoms with E-state index in [-0.39, 0.29) is 0 Å². The van der Waals surface area contributed by atoms with Gasteiger partial charge in [0.05, 0.1) is 5.69 Å². The number of aryl methyl sites for hydroxylation is 1. The topological polar surface area (TPSA) is 12.4 Å². The van der Waals surface area contributed by atoms with Gasteiger partial charge in [-0.25, -0.2) is 0 Å². The standard InChI is InChI=1S/C17H17N/c1-2-8-14-13(5-1)11-16-17-12(7-4-10-18-16)6-3-9-15(14)17/h1-2,5,8,10-12H,3-4,6-7,9H2. The molecule has 90 valence electrons. The first-order valence-electron chi connectivity index (χ1n) is 7.00. The van der Waals surface area contributed by atoms with Crippen molar-refractivity contribution >= 4 is 22.7 Å². The highest BCUT2D eigenvalue weighted by Crippen LogP contribution is 2.44. The fraction of sp³-hybridized carbons (Fsp3) is 0.353. The van der Waals surface area contributed by atoms with Crippen LogP contribution in [-0.2, 0) is 6.42 Å². The maximum absolute atomic E-state index is 4.70. The third-order valence-electron chi connectivity index (χ3n) is 4.44. The maximum atomic E-state index is 4.70. The minimum atomic E-state index is 0.746. The molecule has 1 heteroatoms. The smallest absolute Gasteiger partial charge is 0.0669 e. The largest absolute Gasteiger partial charge is 0.261 e. The first kappa shape index (κ1) is 10.3. The molecule has 0 radical (unpaired) electrons. The van der Waals surface area contributed by atoms with E-state index >= 15 is 0 Å². The van der Waals surface area contributed by atoms with E-state index in [9.17, 15) is 0 Å². The summed E-state index contributed by atoms with van der Waals surface area (Å²) in [6.45, 7) is 0. The number of hydrogen-bond acceptors (Lipinski definition) is 1. The summed E-state index contributed by atoms with van der Waals surface area (Å²) in [7, 11) is 0. The number of hydrogen-bond donors (Lipinski definition) is 0. The molecule has 0 saturated carbocycles. The summed E-state index contributed by atoms with van der Waals surface area (Å²) in [5.74, 6) is 0.746. The maximum Gasteiger partial charge on any atom is 0.0669 e. The molecule has 0 N–H and O–H groups in total. The van der Waals surface area contributed by atoms with Crippen LogP contribution in [-0.4, -0.2) is 6.21 Å². The van der Waals surface area contributed by atoms with Crippen LogP contribution in [0.1, 0.15) is 42.7 Å². The Bertz CT molecular complexity index is 639. The minimum absolute atomic E-state index is 0.746. The van der Waals surface area contributed by atoms with Crippen molar-refractivity contribution in [1.82, 2.24) is 0 Å². The molecule has 2 aromatic carbocycles. The molecular formula is C17H17N. The third kappa shape index (κ3) is 1.43. The van der Waals surface area contributed by atoms with E-state index in [1.165, 1.54) is 42.1 Å². The fourth-order valence-electron chi connectivity index (χ4n) is 3.65. The molecule has 1 atom stereocenters. The zero-order valence-corrected chi connectivity index (χ0v) is 10.5. The number of fused-ring (bicyclic) bond motifs is 2. The summed E-state index contributed by atoms with van der Waals surface area (Å²) in [6, 6.07) is 11.1. The van der Waals surface area contributed by atoms with Gasteiger partial charge >= 0.3 is 0 Å². The molecule has 1 aliphatic heterocycles. The van der Waals surface area contributed by atoms with Crippen molar-refractivity contribution in [3.8, 4) is 0 Å². The van der Waals surface area contributed by atoms with Gasteiger partial charge in [0.1, 0.15) is 0 Å². The minimum Gasteiger partial charge on any atom is -0.261 e. The molecule has 4 rings (SSSR count). The van der Waals surface area contributed by atoms with Gasteiger partial charge in [0.2, 0.25) is 0 Å². The zero-order valence-electron chi connectivity index (χ0n) is 10.5.